The average Bonchev–Trinajstić information content (AvgIpc) is 2.90. The molecule has 20 heavy (non-hydrogen) atoms. The first-order chi connectivity index (χ1) is 9.37. The van der Waals surface area contributed by atoms with E-state index < -0.39 is 22.0 Å². The molecule has 0 aromatic heterocycles. The molecule has 1 aliphatic heterocycles. The second kappa shape index (κ2) is 5.83. The number of hydrogen-bond donors (Lipinski definition) is 0. The Morgan fingerprint density at radius 2 is 2.15 bits per heavy atom. The molecule has 1 fully saturated rings. The molecular weight excluding hydrogens is 346 g/mol. The van der Waals surface area contributed by atoms with Gasteiger partial charge in [-0.25, -0.2) is 8.42 Å². The van der Waals surface area contributed by atoms with Gasteiger partial charge >= 0.3 is 5.97 Å². The smallest absolute Gasteiger partial charge is 0.324 e. The van der Waals surface area contributed by atoms with Gasteiger partial charge in [0, 0.05) is 11.0 Å². The van der Waals surface area contributed by atoms with Crippen molar-refractivity contribution in [2.75, 3.05) is 13.7 Å². The molecule has 0 N–H and O–H groups in total. The summed E-state index contributed by atoms with van der Waals surface area (Å²) in [5.74, 6) is -0.501. The summed E-state index contributed by atoms with van der Waals surface area (Å²) in [6.45, 7) is 2.08. The minimum Gasteiger partial charge on any atom is -0.468 e. The summed E-state index contributed by atoms with van der Waals surface area (Å²) in [4.78, 5) is 11.9. The number of aryl methyl sites for hydroxylation is 1. The molecule has 110 valence electrons. The van der Waals surface area contributed by atoms with E-state index in [0.29, 0.717) is 29.4 Å². The molecule has 1 aromatic carbocycles. The molecule has 0 bridgehead atoms. The van der Waals surface area contributed by atoms with Crippen molar-refractivity contribution in [2.45, 2.75) is 30.7 Å². The Labute approximate surface area is 127 Å². The Kier molecular flexibility index (Phi) is 4.51. The van der Waals surface area contributed by atoms with E-state index in [1.54, 1.807) is 25.1 Å². The van der Waals surface area contributed by atoms with Gasteiger partial charge in [0.2, 0.25) is 10.0 Å². The molecule has 1 heterocycles. The molecule has 0 spiro atoms. The van der Waals surface area contributed by atoms with E-state index in [0.717, 1.165) is 0 Å². The van der Waals surface area contributed by atoms with Crippen LogP contribution >= 0.6 is 15.9 Å². The normalized spacial score (nSPS) is 20.1. The van der Waals surface area contributed by atoms with E-state index in [1.165, 1.54) is 11.4 Å². The number of hydrogen-bond acceptors (Lipinski definition) is 4. The fourth-order valence-electron chi connectivity index (χ4n) is 2.38. The summed E-state index contributed by atoms with van der Waals surface area (Å²) in [6, 6.07) is 4.37. The highest BCUT2D eigenvalue weighted by Crippen LogP contribution is 2.29. The predicted octanol–water partition coefficient (Wildman–Crippen LogP) is 2.08. The monoisotopic (exact) mass is 361 g/mol. The van der Waals surface area contributed by atoms with Gasteiger partial charge < -0.3 is 4.74 Å². The van der Waals surface area contributed by atoms with E-state index in [2.05, 4.69) is 15.9 Å². The zero-order valence-corrected chi connectivity index (χ0v) is 13.7. The van der Waals surface area contributed by atoms with Crippen LogP contribution in [0.2, 0.25) is 0 Å². The highest BCUT2D eigenvalue weighted by atomic mass is 79.9. The SMILES string of the molecule is COC(=O)C1CCCN1S(=O)(=O)c1cc(Br)ccc1C. The van der Waals surface area contributed by atoms with Crippen LogP contribution in [0.3, 0.4) is 0 Å². The zero-order valence-electron chi connectivity index (χ0n) is 11.3. The fraction of sp³-hybridized carbons (Fsp3) is 0.462. The van der Waals surface area contributed by atoms with Crippen LogP contribution in [-0.2, 0) is 19.6 Å². The standard InChI is InChI=1S/C13H16BrNO4S/c1-9-5-6-10(14)8-12(9)20(17,18)15-7-3-4-11(15)13(16)19-2/h5-6,8,11H,3-4,7H2,1-2H3. The van der Waals surface area contributed by atoms with Gasteiger partial charge in [0.05, 0.1) is 12.0 Å². The lowest BCUT2D eigenvalue weighted by Gasteiger charge is -2.23. The molecule has 5 nitrogen and oxygen atoms in total. The van der Waals surface area contributed by atoms with Crippen molar-refractivity contribution in [3.8, 4) is 0 Å². The second-order valence-electron chi connectivity index (χ2n) is 4.71. The third kappa shape index (κ3) is 2.75. The zero-order chi connectivity index (χ0) is 14.9. The largest absolute Gasteiger partial charge is 0.468 e. The maximum Gasteiger partial charge on any atom is 0.324 e. The maximum atomic E-state index is 12.7. The Morgan fingerprint density at radius 1 is 1.45 bits per heavy atom. The molecule has 7 heteroatoms. The third-order valence-electron chi connectivity index (χ3n) is 3.41. The van der Waals surface area contributed by atoms with Gasteiger partial charge in [-0.1, -0.05) is 22.0 Å². The quantitative estimate of drug-likeness (QED) is 0.773. The predicted molar refractivity (Wildman–Crippen MR) is 77.8 cm³/mol. The number of methoxy groups -OCH3 is 1. The van der Waals surface area contributed by atoms with E-state index >= 15 is 0 Å². The molecule has 1 atom stereocenters. The topological polar surface area (TPSA) is 63.7 Å². The first kappa shape index (κ1) is 15.5. The second-order valence-corrected chi connectivity index (χ2v) is 7.48. The van der Waals surface area contributed by atoms with Crippen LogP contribution in [0.5, 0.6) is 0 Å². The van der Waals surface area contributed by atoms with Crippen molar-refractivity contribution < 1.29 is 17.9 Å². The number of carbonyl (C=O) groups excluding carboxylic acids is 1. The van der Waals surface area contributed by atoms with Crippen molar-refractivity contribution in [3.05, 3.63) is 28.2 Å². The highest BCUT2D eigenvalue weighted by Gasteiger charge is 2.40. The lowest BCUT2D eigenvalue weighted by molar-refractivity contribution is -0.144. The molecule has 1 unspecified atom stereocenters. The van der Waals surface area contributed by atoms with Gasteiger partial charge in [0.25, 0.3) is 0 Å². The Bertz CT molecular complexity index is 629. The third-order valence-corrected chi connectivity index (χ3v) is 5.96. The minimum absolute atomic E-state index is 0.225. The minimum atomic E-state index is -3.69. The van der Waals surface area contributed by atoms with Gasteiger partial charge in [0.1, 0.15) is 6.04 Å². The Morgan fingerprint density at radius 3 is 2.80 bits per heavy atom. The molecule has 1 saturated heterocycles. The Hall–Kier alpha value is -0.920. The number of carbonyl (C=O) groups is 1. The number of sulfonamides is 1. The van der Waals surface area contributed by atoms with Gasteiger partial charge in [0.15, 0.2) is 0 Å². The Balaban J connectivity index is 2.44. The van der Waals surface area contributed by atoms with E-state index in [-0.39, 0.29) is 4.90 Å². The van der Waals surface area contributed by atoms with E-state index in [1.807, 2.05) is 0 Å². The van der Waals surface area contributed by atoms with Crippen molar-refractivity contribution in [2.24, 2.45) is 0 Å². The summed E-state index contributed by atoms with van der Waals surface area (Å²) in [6.07, 6.45) is 1.16. The summed E-state index contributed by atoms with van der Waals surface area (Å²) >= 11 is 3.28. The van der Waals surface area contributed by atoms with E-state index in [4.69, 9.17) is 4.74 Å². The summed E-state index contributed by atoms with van der Waals surface area (Å²) in [5.41, 5.74) is 0.656. The first-order valence-corrected chi connectivity index (χ1v) is 8.47. The van der Waals surface area contributed by atoms with Crippen LogP contribution in [-0.4, -0.2) is 38.4 Å². The van der Waals surface area contributed by atoms with Crippen LogP contribution in [0.1, 0.15) is 18.4 Å². The highest BCUT2D eigenvalue weighted by molar-refractivity contribution is 9.10. The van der Waals surface area contributed by atoms with E-state index in [9.17, 15) is 13.2 Å². The van der Waals surface area contributed by atoms with Gasteiger partial charge in [-0.3, -0.25) is 4.79 Å². The molecule has 0 aliphatic carbocycles. The number of esters is 1. The fourth-order valence-corrected chi connectivity index (χ4v) is 4.79. The summed E-state index contributed by atoms with van der Waals surface area (Å²) in [5, 5.41) is 0. The number of benzene rings is 1. The van der Waals surface area contributed by atoms with Crippen molar-refractivity contribution in [1.82, 2.24) is 4.31 Å². The number of halogens is 1. The molecule has 0 amide bonds. The van der Waals surface area contributed by atoms with Crippen LogP contribution in [0, 0.1) is 6.92 Å². The van der Waals surface area contributed by atoms with Crippen molar-refractivity contribution >= 4 is 31.9 Å². The van der Waals surface area contributed by atoms with Crippen LogP contribution in [0.4, 0.5) is 0 Å². The number of rotatable bonds is 3. The molecule has 1 aliphatic rings. The maximum absolute atomic E-state index is 12.7. The van der Waals surface area contributed by atoms with Gasteiger partial charge in [-0.05, 0) is 37.5 Å². The average molecular weight is 362 g/mol. The molecule has 0 saturated carbocycles. The van der Waals surface area contributed by atoms with Gasteiger partial charge in [-0.2, -0.15) is 4.31 Å². The summed E-state index contributed by atoms with van der Waals surface area (Å²) < 4.78 is 32.1. The molecular formula is C13H16BrNO4S. The van der Waals surface area contributed by atoms with Crippen molar-refractivity contribution in [1.29, 1.82) is 0 Å². The van der Waals surface area contributed by atoms with Crippen LogP contribution in [0.15, 0.2) is 27.6 Å². The molecule has 1 aromatic rings. The van der Waals surface area contributed by atoms with Gasteiger partial charge in [-0.15, -0.1) is 0 Å². The van der Waals surface area contributed by atoms with Crippen LogP contribution in [0.25, 0.3) is 0 Å². The summed E-state index contributed by atoms with van der Waals surface area (Å²) in [7, 11) is -2.42. The van der Waals surface area contributed by atoms with Crippen molar-refractivity contribution in [3.63, 3.8) is 0 Å². The molecule has 0 radical (unpaired) electrons. The lowest BCUT2D eigenvalue weighted by Crippen LogP contribution is -2.41. The first-order valence-electron chi connectivity index (χ1n) is 6.23. The number of nitrogens with zero attached hydrogens (tertiary/aromatic N) is 1. The molecule has 2 rings (SSSR count). The van der Waals surface area contributed by atoms with Crippen LogP contribution < -0.4 is 0 Å². The number of ether oxygens (including phenoxy) is 1. The lowest BCUT2D eigenvalue weighted by atomic mass is 10.2.